The van der Waals surface area contributed by atoms with Gasteiger partial charge in [-0.25, -0.2) is 0 Å². The smallest absolute Gasteiger partial charge is 0.218 e. The zero-order chi connectivity index (χ0) is 9.82. The predicted molar refractivity (Wildman–Crippen MR) is 63.6 cm³/mol. The van der Waals surface area contributed by atoms with Gasteiger partial charge in [0.2, 0.25) is 6.08 Å². The van der Waals surface area contributed by atoms with Crippen LogP contribution in [0.1, 0.15) is 59.8 Å². The Morgan fingerprint density at radius 2 is 1.69 bits per heavy atom. The lowest BCUT2D eigenvalue weighted by Gasteiger charge is -1.92. The molecule has 3 radical (unpaired) electrons. The molecule has 0 unspecified atom stereocenters. The summed E-state index contributed by atoms with van der Waals surface area (Å²) < 4.78 is 0. The minimum absolute atomic E-state index is 0. The van der Waals surface area contributed by atoms with Gasteiger partial charge in [0.25, 0.3) is 0 Å². The van der Waals surface area contributed by atoms with E-state index in [0.29, 0.717) is 0 Å². The van der Waals surface area contributed by atoms with Crippen LogP contribution in [-0.4, -0.2) is 17.4 Å². The molecule has 0 bridgehead atoms. The Morgan fingerprint density at radius 3 is 2.00 bits per heavy atom. The minimum atomic E-state index is 0. The van der Waals surface area contributed by atoms with Gasteiger partial charge in [0.15, 0.2) is 6.42 Å². The van der Waals surface area contributed by atoms with Gasteiger partial charge >= 0.3 is 0 Å². The van der Waals surface area contributed by atoms with Crippen LogP contribution in [0.5, 0.6) is 0 Å². The third-order valence-corrected chi connectivity index (χ3v) is 1.48. The highest BCUT2D eigenvalue weighted by molar-refractivity contribution is 5.75. The molecule has 0 fully saturated rings. The van der Waals surface area contributed by atoms with Gasteiger partial charge in [-0.05, 0) is 12.8 Å². The van der Waals surface area contributed by atoms with Gasteiger partial charge in [-0.1, -0.05) is 27.7 Å². The molecule has 0 atom stereocenters. The normalized spacial score (nSPS) is 9.15. The molecule has 13 heavy (non-hydrogen) atoms. The SMILES string of the molecule is CC.[Al].[CH2-]CC(=[C+]CCC)CCC. The van der Waals surface area contributed by atoms with Gasteiger partial charge < -0.3 is 6.92 Å². The Hall–Kier alpha value is 0.182. The molecule has 0 aliphatic carbocycles. The average molecular weight is 195 g/mol. The van der Waals surface area contributed by atoms with E-state index in [2.05, 4.69) is 26.8 Å². The summed E-state index contributed by atoms with van der Waals surface area (Å²) in [4.78, 5) is 0. The van der Waals surface area contributed by atoms with Crippen molar-refractivity contribution in [3.8, 4) is 0 Å². The van der Waals surface area contributed by atoms with E-state index in [4.69, 9.17) is 0 Å². The zero-order valence-corrected chi connectivity index (χ0v) is 11.0. The Morgan fingerprint density at radius 1 is 1.15 bits per heavy atom. The lowest BCUT2D eigenvalue weighted by atomic mass is 10.1. The van der Waals surface area contributed by atoms with Crippen molar-refractivity contribution in [3.05, 3.63) is 18.6 Å². The number of hydrogen-bond acceptors (Lipinski definition) is 0. The Balaban J connectivity index is -0.000000309. The molecule has 75 valence electrons. The molecule has 0 aliphatic rings. The predicted octanol–water partition coefficient (Wildman–Crippen LogP) is 4.19. The van der Waals surface area contributed by atoms with Crippen molar-refractivity contribution in [2.75, 3.05) is 0 Å². The fourth-order valence-corrected chi connectivity index (χ4v) is 0.905. The summed E-state index contributed by atoms with van der Waals surface area (Å²) >= 11 is 0. The molecule has 0 rings (SSSR count). The highest BCUT2D eigenvalue weighted by Crippen LogP contribution is 2.09. The van der Waals surface area contributed by atoms with Crippen LogP contribution in [0.2, 0.25) is 0 Å². The van der Waals surface area contributed by atoms with Gasteiger partial charge in [-0.3, -0.25) is 0 Å². The molecular weight excluding hydrogens is 171 g/mol. The molecule has 0 nitrogen and oxygen atoms in total. The van der Waals surface area contributed by atoms with E-state index in [1.807, 2.05) is 13.8 Å². The van der Waals surface area contributed by atoms with E-state index >= 15 is 0 Å². The number of hydrogen-bond donors (Lipinski definition) is 0. The highest BCUT2D eigenvalue weighted by atomic mass is 27.0. The van der Waals surface area contributed by atoms with Crippen molar-refractivity contribution in [1.29, 1.82) is 0 Å². The van der Waals surface area contributed by atoms with E-state index in [9.17, 15) is 0 Å². The average Bonchev–Trinajstić information content (AvgIpc) is 2.15. The lowest BCUT2D eigenvalue weighted by molar-refractivity contribution is 0.840. The fourth-order valence-electron chi connectivity index (χ4n) is 0.905. The first-order chi connectivity index (χ1) is 5.85. The number of allylic oxidation sites excluding steroid dienone is 2. The topological polar surface area (TPSA) is 0 Å². The van der Waals surface area contributed by atoms with Crippen LogP contribution in [0.4, 0.5) is 0 Å². The first kappa shape index (κ1) is 18.9. The molecule has 0 N–H and O–H groups in total. The van der Waals surface area contributed by atoms with Crippen molar-refractivity contribution in [2.24, 2.45) is 0 Å². The highest BCUT2D eigenvalue weighted by Gasteiger charge is 2.01. The third-order valence-electron chi connectivity index (χ3n) is 1.48. The van der Waals surface area contributed by atoms with Crippen LogP contribution >= 0.6 is 0 Å². The van der Waals surface area contributed by atoms with Gasteiger partial charge in [0.05, 0.1) is 0 Å². The van der Waals surface area contributed by atoms with E-state index in [0.717, 1.165) is 12.8 Å². The van der Waals surface area contributed by atoms with Gasteiger partial charge in [-0.2, -0.15) is 0 Å². The van der Waals surface area contributed by atoms with Gasteiger partial charge in [0.1, 0.15) is 5.57 Å². The first-order valence-electron chi connectivity index (χ1n) is 5.22. The van der Waals surface area contributed by atoms with E-state index in [1.54, 1.807) is 0 Å². The summed E-state index contributed by atoms with van der Waals surface area (Å²) in [5.41, 5.74) is 1.41. The molecule has 0 amide bonds. The number of rotatable bonds is 5. The largest absolute Gasteiger partial charge is 0.335 e. The standard InChI is InChI=1S/C10H18.C2H6.Al/c1-4-7-9-10(6-3)8-5-2;1-2;/h3-8H2,1-2H3;1-2H3;. The molecule has 0 heterocycles. The lowest BCUT2D eigenvalue weighted by Crippen LogP contribution is -1.80. The van der Waals surface area contributed by atoms with Crippen molar-refractivity contribution in [3.63, 3.8) is 0 Å². The van der Waals surface area contributed by atoms with E-state index in [-0.39, 0.29) is 17.4 Å². The van der Waals surface area contributed by atoms with Crippen molar-refractivity contribution >= 4 is 17.4 Å². The summed E-state index contributed by atoms with van der Waals surface area (Å²) in [6.45, 7) is 12.2. The minimum Gasteiger partial charge on any atom is -0.335 e. The molecule has 0 aromatic heterocycles. The maximum Gasteiger partial charge on any atom is 0.218 e. The van der Waals surface area contributed by atoms with Crippen LogP contribution in [0.15, 0.2) is 5.57 Å². The van der Waals surface area contributed by atoms with Crippen LogP contribution in [0.3, 0.4) is 0 Å². The van der Waals surface area contributed by atoms with Crippen LogP contribution in [0, 0.1) is 13.0 Å². The number of unbranched alkanes of at least 4 members (excludes halogenated alkanes) is 1. The van der Waals surface area contributed by atoms with Gasteiger partial charge in [0, 0.05) is 23.8 Å². The maximum atomic E-state index is 3.86. The molecule has 1 heteroatoms. The maximum absolute atomic E-state index is 3.86. The molecule has 0 aromatic rings. The zero-order valence-electron chi connectivity index (χ0n) is 9.82. The monoisotopic (exact) mass is 195 g/mol. The molecule has 0 saturated carbocycles. The summed E-state index contributed by atoms with van der Waals surface area (Å²) in [6, 6.07) is 0. The molecule has 0 spiro atoms. The summed E-state index contributed by atoms with van der Waals surface area (Å²) in [5, 5.41) is 0. The Kier molecular flexibility index (Phi) is 26.2. The molecule has 0 aliphatic heterocycles. The Bertz CT molecular complexity index is 95.3. The quantitative estimate of drug-likeness (QED) is 0.456. The van der Waals surface area contributed by atoms with Crippen LogP contribution < -0.4 is 0 Å². The van der Waals surface area contributed by atoms with Crippen molar-refractivity contribution < 1.29 is 0 Å². The van der Waals surface area contributed by atoms with Crippen LogP contribution in [-0.2, 0) is 0 Å². The Labute approximate surface area is 95.9 Å². The first-order valence-corrected chi connectivity index (χ1v) is 5.22. The second kappa shape index (κ2) is 18.1. The van der Waals surface area contributed by atoms with Crippen molar-refractivity contribution in [2.45, 2.75) is 59.8 Å². The van der Waals surface area contributed by atoms with E-state index in [1.165, 1.54) is 24.8 Å². The van der Waals surface area contributed by atoms with Gasteiger partial charge in [-0.15, -0.1) is 6.42 Å². The second-order valence-electron chi connectivity index (χ2n) is 2.53. The van der Waals surface area contributed by atoms with E-state index < -0.39 is 0 Å². The molecular formula is C12H24Al. The summed E-state index contributed by atoms with van der Waals surface area (Å²) in [7, 11) is 0. The van der Waals surface area contributed by atoms with Crippen molar-refractivity contribution in [1.82, 2.24) is 0 Å². The molecule has 0 saturated heterocycles. The second-order valence-corrected chi connectivity index (χ2v) is 2.53. The summed E-state index contributed by atoms with van der Waals surface area (Å²) in [5.74, 6) is 0. The third kappa shape index (κ3) is 15.0. The molecule has 0 aromatic carbocycles. The van der Waals surface area contributed by atoms with Crippen LogP contribution in [0.25, 0.3) is 0 Å². The fraction of sp³-hybridized carbons (Fsp3) is 0.750. The summed E-state index contributed by atoms with van der Waals surface area (Å²) in [6.07, 6.45) is 9.02.